The van der Waals surface area contributed by atoms with Gasteiger partial charge in [-0.25, -0.2) is 0 Å². The van der Waals surface area contributed by atoms with E-state index in [0.717, 1.165) is 16.7 Å². The Morgan fingerprint density at radius 2 is 1.33 bits per heavy atom. The van der Waals surface area contributed by atoms with E-state index in [1.54, 1.807) is 47.6 Å². The van der Waals surface area contributed by atoms with Crippen LogP contribution >= 0.6 is 0 Å². The fraction of sp³-hybridized carbons (Fsp3) is 0.636. The average Bonchev–Trinajstić information content (AvgIpc) is 2.59. The number of rotatable bonds is 14. The normalized spacial score (nSPS) is 11.6. The smallest absolute Gasteiger partial charge is 0.549 e. The zero-order valence-corrected chi connectivity index (χ0v) is 21.4. The van der Waals surface area contributed by atoms with E-state index in [0.29, 0.717) is 13.2 Å². The molecule has 1 N–H and O–H groups in total. The monoisotopic (exact) mass is 434 g/mol. The van der Waals surface area contributed by atoms with Crippen molar-refractivity contribution >= 4 is 11.9 Å². The SMILES string of the molecule is CC(C)=CC(C(=O)OCCOCCOCCO)C(C=C(C)C)(C=C(C)C)C(=O)[O-].[Na+]. The molecule has 0 heterocycles. The molecule has 0 saturated heterocycles. The number of aliphatic carboxylic acids is 1. The van der Waals surface area contributed by atoms with Gasteiger partial charge in [-0.2, -0.15) is 0 Å². The van der Waals surface area contributed by atoms with E-state index in [2.05, 4.69) is 0 Å². The summed E-state index contributed by atoms with van der Waals surface area (Å²) in [5.41, 5.74) is 0.639. The first-order valence-electron chi connectivity index (χ1n) is 9.68. The first-order valence-corrected chi connectivity index (χ1v) is 9.68. The molecule has 0 aromatic carbocycles. The minimum absolute atomic E-state index is 0. The maximum absolute atomic E-state index is 12.8. The number of esters is 1. The Kier molecular flexibility index (Phi) is 17.4. The third-order valence-electron chi connectivity index (χ3n) is 3.76. The van der Waals surface area contributed by atoms with Gasteiger partial charge in [-0.3, -0.25) is 4.79 Å². The van der Waals surface area contributed by atoms with Crippen LogP contribution in [-0.4, -0.2) is 56.7 Å². The molecule has 30 heavy (non-hydrogen) atoms. The number of carboxylic acid groups (broad SMARTS) is 1. The molecule has 0 fully saturated rings. The summed E-state index contributed by atoms with van der Waals surface area (Å²) >= 11 is 0. The molecule has 0 aromatic rings. The van der Waals surface area contributed by atoms with Gasteiger partial charge in [0, 0.05) is 0 Å². The Balaban J connectivity index is 0. The van der Waals surface area contributed by atoms with E-state index >= 15 is 0 Å². The maximum atomic E-state index is 12.8. The summed E-state index contributed by atoms with van der Waals surface area (Å²) in [7, 11) is 0. The molecule has 0 aliphatic rings. The van der Waals surface area contributed by atoms with E-state index in [-0.39, 0.29) is 56.0 Å². The first-order chi connectivity index (χ1) is 13.6. The van der Waals surface area contributed by atoms with Gasteiger partial charge in [0.1, 0.15) is 6.61 Å². The number of hydrogen-bond acceptors (Lipinski definition) is 7. The Morgan fingerprint density at radius 1 is 0.867 bits per heavy atom. The molecule has 1 atom stereocenters. The van der Waals surface area contributed by atoms with Crippen molar-refractivity contribution in [1.29, 1.82) is 0 Å². The van der Waals surface area contributed by atoms with Gasteiger partial charge in [0.05, 0.1) is 50.3 Å². The number of hydrogen-bond donors (Lipinski definition) is 1. The molecule has 0 radical (unpaired) electrons. The molecule has 0 amide bonds. The number of aliphatic hydroxyl groups is 1. The molecule has 0 rings (SSSR count). The van der Waals surface area contributed by atoms with Crippen LogP contribution in [-0.2, 0) is 23.8 Å². The summed E-state index contributed by atoms with van der Waals surface area (Å²) in [4.78, 5) is 25.1. The second-order valence-electron chi connectivity index (χ2n) is 7.50. The molecular formula is C22H35NaO7. The van der Waals surface area contributed by atoms with Crippen LogP contribution in [0.15, 0.2) is 34.9 Å². The Morgan fingerprint density at radius 3 is 1.73 bits per heavy atom. The number of aliphatic hydroxyl groups excluding tert-OH is 1. The van der Waals surface area contributed by atoms with Crippen LogP contribution in [0.2, 0.25) is 0 Å². The second kappa shape index (κ2) is 16.7. The van der Waals surface area contributed by atoms with Crippen molar-refractivity contribution in [3.63, 3.8) is 0 Å². The van der Waals surface area contributed by atoms with Gasteiger partial charge in [-0.15, -0.1) is 0 Å². The van der Waals surface area contributed by atoms with Crippen molar-refractivity contribution in [2.45, 2.75) is 41.5 Å². The van der Waals surface area contributed by atoms with Crippen molar-refractivity contribution in [3.8, 4) is 0 Å². The Labute approximate surface area is 202 Å². The van der Waals surface area contributed by atoms with Crippen molar-refractivity contribution in [3.05, 3.63) is 34.9 Å². The zero-order valence-electron chi connectivity index (χ0n) is 19.4. The molecular weight excluding hydrogens is 399 g/mol. The number of allylic oxidation sites excluding steroid dienone is 3. The van der Waals surface area contributed by atoms with Crippen LogP contribution in [0.25, 0.3) is 0 Å². The molecule has 0 bridgehead atoms. The van der Waals surface area contributed by atoms with Crippen molar-refractivity contribution in [1.82, 2.24) is 0 Å². The van der Waals surface area contributed by atoms with Gasteiger partial charge in [-0.05, 0) is 41.5 Å². The summed E-state index contributed by atoms with van der Waals surface area (Å²) in [6.07, 6.45) is 4.67. The van der Waals surface area contributed by atoms with E-state index in [4.69, 9.17) is 19.3 Å². The largest absolute Gasteiger partial charge is 1.00 e. The van der Waals surface area contributed by atoms with Crippen LogP contribution in [0.3, 0.4) is 0 Å². The molecule has 166 valence electrons. The molecule has 0 saturated carbocycles. The molecule has 7 nitrogen and oxygen atoms in total. The maximum Gasteiger partial charge on any atom is 1.00 e. The van der Waals surface area contributed by atoms with Crippen LogP contribution < -0.4 is 34.7 Å². The zero-order chi connectivity index (χ0) is 22.4. The quantitative estimate of drug-likeness (QED) is 0.159. The van der Waals surface area contributed by atoms with E-state index in [1.165, 1.54) is 12.2 Å². The van der Waals surface area contributed by atoms with Crippen molar-refractivity contribution in [2.75, 3.05) is 39.6 Å². The molecule has 0 aliphatic heterocycles. The predicted octanol–water partition coefficient (Wildman–Crippen LogP) is -1.19. The van der Waals surface area contributed by atoms with E-state index in [1.807, 2.05) is 0 Å². The van der Waals surface area contributed by atoms with Gasteiger partial charge in [0.2, 0.25) is 0 Å². The van der Waals surface area contributed by atoms with Gasteiger partial charge in [0.25, 0.3) is 0 Å². The van der Waals surface area contributed by atoms with Crippen LogP contribution in [0, 0.1) is 11.3 Å². The van der Waals surface area contributed by atoms with Crippen LogP contribution in [0.1, 0.15) is 41.5 Å². The summed E-state index contributed by atoms with van der Waals surface area (Å²) in [6.45, 7) is 11.6. The fourth-order valence-corrected chi connectivity index (χ4v) is 2.83. The summed E-state index contributed by atoms with van der Waals surface area (Å²) in [6, 6.07) is 0. The van der Waals surface area contributed by atoms with Gasteiger partial charge in [-0.1, -0.05) is 34.9 Å². The second-order valence-corrected chi connectivity index (χ2v) is 7.50. The van der Waals surface area contributed by atoms with Crippen molar-refractivity contribution < 1.29 is 63.6 Å². The minimum Gasteiger partial charge on any atom is -0.549 e. The predicted molar refractivity (Wildman–Crippen MR) is 109 cm³/mol. The Hall–Kier alpha value is -0.960. The topological polar surface area (TPSA) is 105 Å². The van der Waals surface area contributed by atoms with Gasteiger partial charge < -0.3 is 29.2 Å². The molecule has 0 aliphatic carbocycles. The number of carbonyl (C=O) groups excluding carboxylic acids is 2. The molecule has 1 unspecified atom stereocenters. The van der Waals surface area contributed by atoms with Crippen molar-refractivity contribution in [2.24, 2.45) is 11.3 Å². The van der Waals surface area contributed by atoms with E-state index in [9.17, 15) is 14.7 Å². The number of ether oxygens (including phenoxy) is 3. The summed E-state index contributed by atoms with van der Waals surface area (Å²) < 4.78 is 15.7. The fourth-order valence-electron chi connectivity index (χ4n) is 2.83. The van der Waals surface area contributed by atoms with E-state index < -0.39 is 23.3 Å². The molecule has 8 heteroatoms. The van der Waals surface area contributed by atoms with Crippen LogP contribution in [0.4, 0.5) is 0 Å². The summed E-state index contributed by atoms with van der Waals surface area (Å²) in [5, 5.41) is 20.8. The first kappa shape index (κ1) is 31.2. The van der Waals surface area contributed by atoms with Gasteiger partial charge in [0.15, 0.2) is 0 Å². The third-order valence-corrected chi connectivity index (χ3v) is 3.76. The molecule has 0 spiro atoms. The number of carbonyl (C=O) groups is 2. The van der Waals surface area contributed by atoms with Crippen LogP contribution in [0.5, 0.6) is 0 Å². The number of carboxylic acids is 1. The Bertz CT molecular complexity index is 593. The average molecular weight is 435 g/mol. The standard InChI is InChI=1S/C22H36O7.Na/c1-16(2)13-19(20(24)29-12-11-28-10-9-27-8-7-23)22(21(25)26,14-17(3)4)15-18(5)6;/h13-15,19,23H,7-12H2,1-6H3,(H,25,26);/q;+1/p-1. The minimum atomic E-state index is -1.65. The molecule has 0 aromatic heterocycles. The third kappa shape index (κ3) is 12.0. The summed E-state index contributed by atoms with van der Waals surface area (Å²) in [5.74, 6) is -3.10. The van der Waals surface area contributed by atoms with Gasteiger partial charge >= 0.3 is 35.5 Å².